The Hall–Kier alpha value is -2.77. The predicted octanol–water partition coefficient (Wildman–Crippen LogP) is 4.21. The van der Waals surface area contributed by atoms with Crippen LogP contribution >= 0.6 is 23.2 Å². The number of rotatable bonds is 5. The number of nitrogens with zero attached hydrogens (tertiary/aromatic N) is 1. The number of nitrogens with one attached hydrogen (secondary N) is 1. The number of hydrogen-bond donors (Lipinski definition) is 1. The van der Waals surface area contributed by atoms with Gasteiger partial charge in [0.2, 0.25) is 0 Å². The summed E-state index contributed by atoms with van der Waals surface area (Å²) in [4.78, 5) is 39.7. The zero-order valence-electron chi connectivity index (χ0n) is 16.5. The Bertz CT molecular complexity index is 1040. The summed E-state index contributed by atoms with van der Waals surface area (Å²) in [6.07, 6.45) is 2.81. The van der Waals surface area contributed by atoms with Crippen LogP contribution in [0.5, 0.6) is 5.75 Å². The molecule has 1 saturated carbocycles. The van der Waals surface area contributed by atoms with Crippen LogP contribution in [0.4, 0.5) is 11.4 Å². The summed E-state index contributed by atoms with van der Waals surface area (Å²) in [7, 11) is 0. The minimum Gasteiger partial charge on any atom is -0.480 e. The van der Waals surface area contributed by atoms with Crippen molar-refractivity contribution in [2.75, 3.05) is 23.4 Å². The topological polar surface area (TPSA) is 84.9 Å². The van der Waals surface area contributed by atoms with E-state index in [2.05, 4.69) is 5.32 Å². The maximum Gasteiger partial charge on any atom is 0.344 e. The Morgan fingerprint density at radius 3 is 2.55 bits per heavy atom. The first-order valence-electron chi connectivity index (χ1n) is 9.88. The Balaban J connectivity index is 1.44. The predicted molar refractivity (Wildman–Crippen MR) is 117 cm³/mol. The van der Waals surface area contributed by atoms with Crippen molar-refractivity contribution in [2.45, 2.75) is 31.2 Å². The quantitative estimate of drug-likeness (QED) is 0.672. The van der Waals surface area contributed by atoms with Gasteiger partial charge in [-0.05, 0) is 43.2 Å². The molecule has 9 heteroatoms. The first kappa shape index (κ1) is 21.5. The summed E-state index contributed by atoms with van der Waals surface area (Å²) in [5.74, 6) is -1.11. The second-order valence-electron chi connectivity index (χ2n) is 7.46. The highest BCUT2D eigenvalue weighted by Gasteiger charge is 2.52. The van der Waals surface area contributed by atoms with Gasteiger partial charge in [-0.3, -0.25) is 14.5 Å². The highest BCUT2D eigenvalue weighted by molar-refractivity contribution is 6.35. The fourth-order valence-electron chi connectivity index (χ4n) is 4.11. The molecule has 0 saturated heterocycles. The lowest BCUT2D eigenvalue weighted by Crippen LogP contribution is -2.61. The van der Waals surface area contributed by atoms with Gasteiger partial charge in [0.05, 0.1) is 16.4 Å². The van der Waals surface area contributed by atoms with E-state index in [4.69, 9.17) is 32.7 Å². The average Bonchev–Trinajstić information content (AvgIpc) is 3.23. The van der Waals surface area contributed by atoms with Crippen molar-refractivity contribution in [3.05, 3.63) is 52.5 Å². The molecule has 2 aliphatic rings. The second kappa shape index (κ2) is 8.77. The number of benzene rings is 2. The van der Waals surface area contributed by atoms with Crippen LogP contribution < -0.4 is 15.0 Å². The number of para-hydroxylation sites is 2. The van der Waals surface area contributed by atoms with Gasteiger partial charge in [0.25, 0.3) is 11.8 Å². The molecule has 1 N–H and O–H groups in total. The van der Waals surface area contributed by atoms with E-state index in [1.807, 2.05) is 0 Å². The van der Waals surface area contributed by atoms with E-state index < -0.39 is 30.6 Å². The number of carbonyl (C=O) groups is 3. The zero-order chi connectivity index (χ0) is 22.0. The standard InChI is InChI=1S/C22H20Cl2N2O5/c23-14-7-8-18(15(24)11-14)30-13-20(28)31-12-19(27)26-17-6-2-1-5-16(17)25-21(29)22(26)9-3-4-10-22/h1-2,5-8,11H,3-4,9-10,12-13H2,(H,25,29). The lowest BCUT2D eigenvalue weighted by Gasteiger charge is -2.44. The monoisotopic (exact) mass is 462 g/mol. The van der Waals surface area contributed by atoms with Crippen LogP contribution in [0, 0.1) is 0 Å². The smallest absolute Gasteiger partial charge is 0.344 e. The van der Waals surface area contributed by atoms with Gasteiger partial charge < -0.3 is 14.8 Å². The Kier molecular flexibility index (Phi) is 6.07. The van der Waals surface area contributed by atoms with Crippen molar-refractivity contribution in [3.63, 3.8) is 0 Å². The van der Waals surface area contributed by atoms with E-state index in [9.17, 15) is 14.4 Å². The molecule has 162 valence electrons. The number of ether oxygens (including phenoxy) is 2. The van der Waals surface area contributed by atoms with Crippen LogP contribution in [0.1, 0.15) is 25.7 Å². The van der Waals surface area contributed by atoms with Gasteiger partial charge >= 0.3 is 5.97 Å². The molecule has 2 aromatic carbocycles. The fraction of sp³-hybridized carbons (Fsp3) is 0.318. The number of anilines is 2. The van der Waals surface area contributed by atoms with Gasteiger partial charge in [-0.2, -0.15) is 0 Å². The minimum absolute atomic E-state index is 0.205. The fourth-order valence-corrected chi connectivity index (χ4v) is 4.57. The van der Waals surface area contributed by atoms with Gasteiger partial charge in [0, 0.05) is 5.02 Å². The highest BCUT2D eigenvalue weighted by Crippen LogP contribution is 2.45. The average molecular weight is 463 g/mol. The van der Waals surface area contributed by atoms with Crippen LogP contribution in [0.3, 0.4) is 0 Å². The lowest BCUT2D eigenvalue weighted by atomic mass is 9.90. The Labute approximate surface area is 189 Å². The number of carbonyl (C=O) groups excluding carboxylic acids is 3. The molecule has 1 heterocycles. The van der Waals surface area contributed by atoms with Gasteiger partial charge in [0.15, 0.2) is 13.2 Å². The van der Waals surface area contributed by atoms with Gasteiger partial charge in [-0.15, -0.1) is 0 Å². The SMILES string of the molecule is O=C(COc1ccc(Cl)cc1Cl)OCC(=O)N1c2ccccc2NC(=O)C12CCCC2. The lowest BCUT2D eigenvalue weighted by molar-refractivity contribution is -0.150. The van der Waals surface area contributed by atoms with E-state index in [0.29, 0.717) is 29.2 Å². The van der Waals surface area contributed by atoms with E-state index >= 15 is 0 Å². The third-order valence-electron chi connectivity index (χ3n) is 5.52. The summed E-state index contributed by atoms with van der Waals surface area (Å²) < 4.78 is 10.5. The van der Waals surface area contributed by atoms with Crippen LogP contribution in [0.2, 0.25) is 10.0 Å². The molecule has 31 heavy (non-hydrogen) atoms. The van der Waals surface area contributed by atoms with E-state index in [-0.39, 0.29) is 16.7 Å². The first-order chi connectivity index (χ1) is 14.9. The third kappa shape index (κ3) is 4.20. The van der Waals surface area contributed by atoms with E-state index in [0.717, 1.165) is 12.8 Å². The van der Waals surface area contributed by atoms with Crippen LogP contribution in [-0.2, 0) is 19.1 Å². The molecule has 0 atom stereocenters. The molecule has 0 unspecified atom stereocenters. The Morgan fingerprint density at radius 2 is 1.81 bits per heavy atom. The largest absolute Gasteiger partial charge is 0.480 e. The molecule has 1 aliphatic heterocycles. The summed E-state index contributed by atoms with van der Waals surface area (Å²) in [5, 5.41) is 3.61. The van der Waals surface area contributed by atoms with Crippen molar-refractivity contribution in [2.24, 2.45) is 0 Å². The van der Waals surface area contributed by atoms with E-state index in [1.165, 1.54) is 17.0 Å². The molecular formula is C22H20Cl2N2O5. The maximum absolute atomic E-state index is 13.1. The third-order valence-corrected chi connectivity index (χ3v) is 6.05. The van der Waals surface area contributed by atoms with Crippen LogP contribution in [0.25, 0.3) is 0 Å². The Morgan fingerprint density at radius 1 is 1.06 bits per heavy atom. The molecule has 1 spiro atoms. The maximum atomic E-state index is 13.1. The second-order valence-corrected chi connectivity index (χ2v) is 8.31. The molecule has 2 amide bonds. The number of amides is 2. The summed E-state index contributed by atoms with van der Waals surface area (Å²) in [6.45, 7) is -0.920. The van der Waals surface area contributed by atoms with Gasteiger partial charge in [0.1, 0.15) is 11.3 Å². The van der Waals surface area contributed by atoms with Gasteiger partial charge in [-0.1, -0.05) is 48.2 Å². The summed E-state index contributed by atoms with van der Waals surface area (Å²) >= 11 is 11.8. The zero-order valence-corrected chi connectivity index (χ0v) is 18.0. The van der Waals surface area contributed by atoms with Crippen LogP contribution in [0.15, 0.2) is 42.5 Å². The van der Waals surface area contributed by atoms with Crippen molar-refractivity contribution < 1.29 is 23.9 Å². The summed E-state index contributed by atoms with van der Waals surface area (Å²) in [6, 6.07) is 11.7. The summed E-state index contributed by atoms with van der Waals surface area (Å²) in [5.41, 5.74) is 0.213. The highest BCUT2D eigenvalue weighted by atomic mass is 35.5. The van der Waals surface area contributed by atoms with Crippen molar-refractivity contribution in [3.8, 4) is 5.75 Å². The number of esters is 1. The molecule has 1 fully saturated rings. The first-order valence-corrected chi connectivity index (χ1v) is 10.6. The number of hydrogen-bond acceptors (Lipinski definition) is 5. The van der Waals surface area contributed by atoms with Crippen molar-refractivity contribution in [1.29, 1.82) is 0 Å². The normalized spacial score (nSPS) is 16.6. The molecular weight excluding hydrogens is 443 g/mol. The molecule has 1 aliphatic carbocycles. The molecule has 7 nitrogen and oxygen atoms in total. The number of fused-ring (bicyclic) bond motifs is 1. The molecule has 0 aromatic heterocycles. The molecule has 0 bridgehead atoms. The molecule has 2 aromatic rings. The van der Waals surface area contributed by atoms with Crippen molar-refractivity contribution in [1.82, 2.24) is 0 Å². The number of halogens is 2. The molecule has 4 rings (SSSR count). The molecule has 0 radical (unpaired) electrons. The van der Waals surface area contributed by atoms with E-state index in [1.54, 1.807) is 30.3 Å². The minimum atomic E-state index is -0.953. The van der Waals surface area contributed by atoms with Crippen molar-refractivity contribution >= 4 is 52.4 Å². The van der Waals surface area contributed by atoms with Crippen LogP contribution in [-0.4, -0.2) is 36.5 Å². The van der Waals surface area contributed by atoms with Gasteiger partial charge in [-0.25, -0.2) is 4.79 Å².